The Bertz CT molecular complexity index is 1120. The highest BCUT2D eigenvalue weighted by Crippen LogP contribution is 2.24. The third-order valence-corrected chi connectivity index (χ3v) is 5.26. The van der Waals surface area contributed by atoms with Crippen LogP contribution in [0.15, 0.2) is 36.8 Å². The lowest BCUT2D eigenvalue weighted by atomic mass is 10.0. The molecular weight excluding hydrogens is 405 g/mol. The molecule has 162 valence electrons. The van der Waals surface area contributed by atoms with Gasteiger partial charge in [0.05, 0.1) is 32.5 Å². The molecule has 0 radical (unpaired) electrons. The highest BCUT2D eigenvalue weighted by atomic mass is 19.1. The predicted molar refractivity (Wildman–Crippen MR) is 109 cm³/mol. The minimum absolute atomic E-state index is 0.0459. The number of carbonyl (C=O) groups excluding carboxylic acids is 2. The maximum atomic E-state index is 13.6. The molecule has 1 aliphatic heterocycles. The van der Waals surface area contributed by atoms with Crippen molar-refractivity contribution in [1.82, 2.24) is 25.2 Å². The molecule has 10 heteroatoms. The summed E-state index contributed by atoms with van der Waals surface area (Å²) in [4.78, 5) is 37.7. The standard InChI is InChI=1S/C21H22FN5O4/c1-13-15-8-14(22)2-3-16(15)26-18(13)20(29)27-6-7-31-12-21(30,11-27)10-25-19(28)17-9-23-4-5-24-17/h2-5,8-9,26,30H,6-7,10-12H2,1H3,(H,25,28)/t21-/m0/s1. The molecule has 9 nitrogen and oxygen atoms in total. The quantitative estimate of drug-likeness (QED) is 0.572. The van der Waals surface area contributed by atoms with Crippen LogP contribution in [-0.2, 0) is 4.74 Å². The Kier molecular flexibility index (Phi) is 5.66. The molecule has 0 unspecified atom stereocenters. The van der Waals surface area contributed by atoms with Gasteiger partial charge in [-0.1, -0.05) is 0 Å². The van der Waals surface area contributed by atoms with Gasteiger partial charge in [-0.2, -0.15) is 0 Å². The van der Waals surface area contributed by atoms with E-state index in [1.807, 2.05) is 0 Å². The van der Waals surface area contributed by atoms with Gasteiger partial charge in [-0.25, -0.2) is 9.37 Å². The number of halogens is 1. The number of amides is 2. The third-order valence-electron chi connectivity index (χ3n) is 5.26. The average molecular weight is 427 g/mol. The third kappa shape index (κ3) is 4.39. The molecule has 1 saturated heterocycles. The number of hydrogen-bond acceptors (Lipinski definition) is 6. The molecule has 3 aromatic rings. The first kappa shape index (κ1) is 20.9. The second kappa shape index (κ2) is 8.40. The van der Waals surface area contributed by atoms with Crippen molar-refractivity contribution in [2.24, 2.45) is 0 Å². The van der Waals surface area contributed by atoms with Crippen LogP contribution in [0.1, 0.15) is 26.5 Å². The summed E-state index contributed by atoms with van der Waals surface area (Å²) in [6.45, 7) is 2.02. The van der Waals surface area contributed by atoms with Gasteiger partial charge in [-0.05, 0) is 30.7 Å². The van der Waals surface area contributed by atoms with Gasteiger partial charge in [0.2, 0.25) is 0 Å². The van der Waals surface area contributed by atoms with Crippen LogP contribution in [0.3, 0.4) is 0 Å². The Morgan fingerprint density at radius 3 is 3.00 bits per heavy atom. The van der Waals surface area contributed by atoms with E-state index in [0.717, 1.165) is 0 Å². The number of aromatic nitrogens is 3. The molecule has 1 atom stereocenters. The predicted octanol–water partition coefficient (Wildman–Crippen LogP) is 1.04. The Morgan fingerprint density at radius 1 is 1.39 bits per heavy atom. The van der Waals surface area contributed by atoms with Crippen molar-refractivity contribution < 1.29 is 23.8 Å². The summed E-state index contributed by atoms with van der Waals surface area (Å²) < 4.78 is 19.1. The monoisotopic (exact) mass is 427 g/mol. The molecule has 1 aromatic carbocycles. The van der Waals surface area contributed by atoms with Crippen molar-refractivity contribution in [2.75, 3.05) is 32.8 Å². The number of hydrogen-bond donors (Lipinski definition) is 3. The molecule has 31 heavy (non-hydrogen) atoms. The Balaban J connectivity index is 1.50. The number of β-amino-alcohol motifs (C(OH)–C–C–N with tert-alkyl or cyclic N) is 1. The zero-order valence-corrected chi connectivity index (χ0v) is 16.9. The number of fused-ring (bicyclic) bond motifs is 1. The molecule has 2 aromatic heterocycles. The zero-order chi connectivity index (χ0) is 22.0. The highest BCUT2D eigenvalue weighted by Gasteiger charge is 2.36. The normalized spacial score (nSPS) is 19.3. The van der Waals surface area contributed by atoms with Crippen LogP contribution in [0.25, 0.3) is 10.9 Å². The summed E-state index contributed by atoms with van der Waals surface area (Å²) >= 11 is 0. The van der Waals surface area contributed by atoms with Gasteiger partial charge in [0, 0.05) is 29.8 Å². The average Bonchev–Trinajstić information content (AvgIpc) is 2.96. The van der Waals surface area contributed by atoms with Crippen LogP contribution in [0.5, 0.6) is 0 Å². The summed E-state index contributed by atoms with van der Waals surface area (Å²) in [5.74, 6) is -1.21. The van der Waals surface area contributed by atoms with Crippen LogP contribution in [0.4, 0.5) is 4.39 Å². The van der Waals surface area contributed by atoms with Gasteiger partial charge in [0.15, 0.2) is 0 Å². The Hall–Kier alpha value is -3.37. The van der Waals surface area contributed by atoms with Crippen molar-refractivity contribution in [3.63, 3.8) is 0 Å². The van der Waals surface area contributed by atoms with Gasteiger partial charge in [-0.15, -0.1) is 0 Å². The minimum Gasteiger partial charge on any atom is -0.384 e. The molecular formula is C21H22FN5O4. The van der Waals surface area contributed by atoms with E-state index in [2.05, 4.69) is 20.3 Å². The molecule has 0 bridgehead atoms. The lowest BCUT2D eigenvalue weighted by Crippen LogP contribution is -2.53. The molecule has 1 fully saturated rings. The number of rotatable bonds is 4. The first-order valence-electron chi connectivity index (χ1n) is 9.78. The Labute approximate surface area is 177 Å². The molecule has 0 saturated carbocycles. The van der Waals surface area contributed by atoms with E-state index in [4.69, 9.17) is 4.74 Å². The smallest absolute Gasteiger partial charge is 0.271 e. The maximum Gasteiger partial charge on any atom is 0.271 e. The van der Waals surface area contributed by atoms with E-state index >= 15 is 0 Å². The molecule has 4 rings (SSSR count). The van der Waals surface area contributed by atoms with Crippen LogP contribution >= 0.6 is 0 Å². The van der Waals surface area contributed by atoms with Crippen molar-refractivity contribution in [3.05, 3.63) is 59.6 Å². The number of benzene rings is 1. The van der Waals surface area contributed by atoms with Crippen LogP contribution in [-0.4, -0.2) is 75.2 Å². The molecule has 3 heterocycles. The van der Waals surface area contributed by atoms with Crippen LogP contribution in [0.2, 0.25) is 0 Å². The number of aromatic amines is 1. The Morgan fingerprint density at radius 2 is 2.23 bits per heavy atom. The molecule has 2 amide bonds. The second-order valence-corrected chi connectivity index (χ2v) is 7.59. The molecule has 1 aliphatic rings. The zero-order valence-electron chi connectivity index (χ0n) is 16.9. The summed E-state index contributed by atoms with van der Waals surface area (Å²) in [6.07, 6.45) is 4.17. The fraction of sp³-hybridized carbons (Fsp3) is 0.333. The topological polar surface area (TPSA) is 120 Å². The number of H-pyrrole nitrogens is 1. The van der Waals surface area contributed by atoms with E-state index < -0.39 is 11.5 Å². The summed E-state index contributed by atoms with van der Waals surface area (Å²) in [6, 6.07) is 4.28. The fourth-order valence-corrected chi connectivity index (χ4v) is 3.62. The van der Waals surface area contributed by atoms with Gasteiger partial charge in [-0.3, -0.25) is 14.6 Å². The van der Waals surface area contributed by atoms with E-state index in [1.54, 1.807) is 13.0 Å². The van der Waals surface area contributed by atoms with Gasteiger partial charge < -0.3 is 25.0 Å². The summed E-state index contributed by atoms with van der Waals surface area (Å²) in [5, 5.41) is 14.3. The molecule has 0 spiro atoms. The first-order valence-corrected chi connectivity index (χ1v) is 9.78. The van der Waals surface area contributed by atoms with Crippen molar-refractivity contribution in [2.45, 2.75) is 12.5 Å². The maximum absolute atomic E-state index is 13.6. The fourth-order valence-electron chi connectivity index (χ4n) is 3.62. The van der Waals surface area contributed by atoms with Crippen LogP contribution < -0.4 is 5.32 Å². The lowest BCUT2D eigenvalue weighted by Gasteiger charge is -2.30. The summed E-state index contributed by atoms with van der Waals surface area (Å²) in [5.41, 5.74) is 0.239. The van der Waals surface area contributed by atoms with Crippen LogP contribution in [0, 0.1) is 12.7 Å². The highest BCUT2D eigenvalue weighted by molar-refractivity contribution is 6.01. The number of ether oxygens (including phenoxy) is 1. The largest absolute Gasteiger partial charge is 0.384 e. The van der Waals surface area contributed by atoms with Crippen molar-refractivity contribution in [3.8, 4) is 0 Å². The van der Waals surface area contributed by atoms with Gasteiger partial charge in [0.1, 0.15) is 22.8 Å². The van der Waals surface area contributed by atoms with E-state index in [0.29, 0.717) is 22.2 Å². The SMILES string of the molecule is Cc1c(C(=O)N2CCOC[C@](O)(CNC(=O)c3cnccn3)C2)[nH]c2ccc(F)cc12. The number of aliphatic hydroxyl groups is 1. The number of nitrogens with zero attached hydrogens (tertiary/aromatic N) is 3. The lowest BCUT2D eigenvalue weighted by molar-refractivity contribution is -0.0324. The molecule has 0 aliphatic carbocycles. The minimum atomic E-state index is -1.49. The number of carbonyl (C=O) groups is 2. The number of nitrogens with one attached hydrogen (secondary N) is 2. The van der Waals surface area contributed by atoms with Gasteiger partial charge >= 0.3 is 0 Å². The van der Waals surface area contributed by atoms with E-state index in [9.17, 15) is 19.1 Å². The number of aryl methyl sites for hydroxylation is 1. The van der Waals surface area contributed by atoms with E-state index in [-0.39, 0.29) is 50.3 Å². The van der Waals surface area contributed by atoms with E-state index in [1.165, 1.54) is 35.6 Å². The summed E-state index contributed by atoms with van der Waals surface area (Å²) in [7, 11) is 0. The second-order valence-electron chi connectivity index (χ2n) is 7.59. The van der Waals surface area contributed by atoms with Gasteiger partial charge in [0.25, 0.3) is 11.8 Å². The van der Waals surface area contributed by atoms with Crippen molar-refractivity contribution >= 4 is 22.7 Å². The molecule has 3 N–H and O–H groups in total. The first-order chi connectivity index (χ1) is 14.9. The van der Waals surface area contributed by atoms with Crippen molar-refractivity contribution in [1.29, 1.82) is 0 Å².